The van der Waals surface area contributed by atoms with Crippen LogP contribution in [0, 0.1) is 11.3 Å². The lowest BCUT2D eigenvalue weighted by molar-refractivity contribution is -0.136. The molecule has 0 saturated heterocycles. The molecular weight excluding hydrogens is 352 g/mol. The number of hydrogen-bond donors (Lipinski definition) is 2. The van der Waals surface area contributed by atoms with Crippen LogP contribution in [0.4, 0.5) is 0 Å². The Bertz CT molecular complexity index is 805. The quantitative estimate of drug-likeness (QED) is 0.672. The van der Waals surface area contributed by atoms with Gasteiger partial charge in [0.15, 0.2) is 0 Å². The molecule has 0 unspecified atom stereocenters. The topological polar surface area (TPSA) is 71.5 Å². The molecule has 1 aromatic heterocycles. The number of carbonyl (C=O) groups is 1. The molecule has 0 aliphatic heterocycles. The molecule has 1 aliphatic carbocycles. The Morgan fingerprint density at radius 2 is 1.93 bits per heavy atom. The van der Waals surface area contributed by atoms with E-state index in [1.54, 1.807) is 0 Å². The lowest BCUT2D eigenvalue weighted by Crippen LogP contribution is -2.30. The fourth-order valence-electron chi connectivity index (χ4n) is 3.97. The zero-order valence-electron chi connectivity index (χ0n) is 17.2. The number of aromatic nitrogens is 1. The Kier molecular flexibility index (Phi) is 6.55. The van der Waals surface area contributed by atoms with Crippen LogP contribution < -0.4 is 10.1 Å². The van der Waals surface area contributed by atoms with Gasteiger partial charge in [0, 0.05) is 18.5 Å². The van der Waals surface area contributed by atoms with Gasteiger partial charge in [0.1, 0.15) is 5.75 Å². The number of ether oxygens (including phenoxy) is 1. The van der Waals surface area contributed by atoms with E-state index in [4.69, 9.17) is 9.84 Å². The van der Waals surface area contributed by atoms with Gasteiger partial charge in [0.2, 0.25) is 0 Å². The maximum absolute atomic E-state index is 10.6. The van der Waals surface area contributed by atoms with Gasteiger partial charge >= 0.3 is 5.97 Å². The smallest absolute Gasteiger partial charge is 0.304 e. The van der Waals surface area contributed by atoms with E-state index >= 15 is 0 Å². The van der Waals surface area contributed by atoms with Crippen molar-refractivity contribution in [3.05, 3.63) is 36.0 Å². The molecule has 0 amide bonds. The van der Waals surface area contributed by atoms with Crippen LogP contribution in [-0.4, -0.2) is 28.7 Å². The minimum atomic E-state index is -0.793. The minimum Gasteiger partial charge on any atom is -0.490 e. The van der Waals surface area contributed by atoms with Gasteiger partial charge < -0.3 is 15.2 Å². The van der Waals surface area contributed by atoms with Crippen molar-refractivity contribution >= 4 is 16.9 Å². The number of carboxylic acid groups (broad SMARTS) is 1. The minimum absolute atomic E-state index is 0.117. The monoisotopic (exact) mass is 384 g/mol. The first-order valence-corrected chi connectivity index (χ1v) is 10.3. The molecular formula is C23H32N2O3. The van der Waals surface area contributed by atoms with Crippen LogP contribution >= 0.6 is 0 Å². The van der Waals surface area contributed by atoms with Gasteiger partial charge in [-0.3, -0.25) is 9.78 Å². The Hall–Kier alpha value is -2.14. The third-order valence-electron chi connectivity index (χ3n) is 5.74. The summed E-state index contributed by atoms with van der Waals surface area (Å²) in [6, 6.07) is 10.1. The van der Waals surface area contributed by atoms with Crippen LogP contribution in [0.1, 0.15) is 58.6 Å². The summed E-state index contributed by atoms with van der Waals surface area (Å²) in [6.45, 7) is 8.03. The molecule has 5 nitrogen and oxygen atoms in total. The summed E-state index contributed by atoms with van der Waals surface area (Å²) < 4.78 is 6.26. The number of pyridine rings is 1. The third kappa shape index (κ3) is 5.68. The number of fused-ring (bicyclic) bond motifs is 1. The molecule has 0 bridgehead atoms. The summed E-state index contributed by atoms with van der Waals surface area (Å²) in [4.78, 5) is 15.2. The number of benzene rings is 1. The van der Waals surface area contributed by atoms with Gasteiger partial charge in [0.25, 0.3) is 0 Å². The first-order chi connectivity index (χ1) is 13.3. The molecule has 1 fully saturated rings. The van der Waals surface area contributed by atoms with Crippen molar-refractivity contribution in [2.45, 2.75) is 65.5 Å². The fraction of sp³-hybridized carbons (Fsp3) is 0.565. The average molecular weight is 385 g/mol. The average Bonchev–Trinajstić information content (AvgIpc) is 2.65. The first kappa shape index (κ1) is 20.6. The van der Waals surface area contributed by atoms with Crippen molar-refractivity contribution in [1.82, 2.24) is 10.3 Å². The van der Waals surface area contributed by atoms with E-state index in [2.05, 4.69) is 43.2 Å². The summed E-state index contributed by atoms with van der Waals surface area (Å²) in [5, 5.41) is 12.9. The Morgan fingerprint density at radius 1 is 1.18 bits per heavy atom. The SMILES string of the molecule is CC(C)(C)C1CCC(Oc2ccc3nc(CNCCC(=O)O)ccc3c2)CC1. The molecule has 0 spiro atoms. The number of hydrogen-bond acceptors (Lipinski definition) is 4. The number of nitrogens with one attached hydrogen (secondary N) is 1. The molecule has 2 aromatic rings. The van der Waals surface area contributed by atoms with Crippen LogP contribution in [0.2, 0.25) is 0 Å². The van der Waals surface area contributed by atoms with Gasteiger partial charge in [-0.25, -0.2) is 0 Å². The summed E-state index contributed by atoms with van der Waals surface area (Å²) in [6.07, 6.45) is 5.15. The molecule has 0 atom stereocenters. The van der Waals surface area contributed by atoms with E-state index in [9.17, 15) is 4.79 Å². The van der Waals surface area contributed by atoms with Crippen LogP contribution in [-0.2, 0) is 11.3 Å². The highest BCUT2D eigenvalue weighted by Crippen LogP contribution is 2.38. The fourth-order valence-corrected chi connectivity index (χ4v) is 3.97. The molecule has 152 valence electrons. The Balaban J connectivity index is 1.56. The molecule has 0 radical (unpaired) electrons. The molecule has 1 heterocycles. The predicted octanol–water partition coefficient (Wildman–Crippen LogP) is 4.78. The van der Waals surface area contributed by atoms with Crippen molar-refractivity contribution in [3.63, 3.8) is 0 Å². The molecule has 5 heteroatoms. The highest BCUT2D eigenvalue weighted by molar-refractivity contribution is 5.80. The molecule has 3 rings (SSSR count). The highest BCUT2D eigenvalue weighted by Gasteiger charge is 2.30. The largest absolute Gasteiger partial charge is 0.490 e. The van der Waals surface area contributed by atoms with Crippen molar-refractivity contribution in [2.24, 2.45) is 11.3 Å². The van der Waals surface area contributed by atoms with E-state index in [0.29, 0.717) is 24.6 Å². The molecule has 2 N–H and O–H groups in total. The first-order valence-electron chi connectivity index (χ1n) is 10.3. The second kappa shape index (κ2) is 8.91. The van der Waals surface area contributed by atoms with Gasteiger partial charge in [-0.05, 0) is 61.3 Å². The predicted molar refractivity (Wildman–Crippen MR) is 112 cm³/mol. The maximum Gasteiger partial charge on any atom is 0.304 e. The lowest BCUT2D eigenvalue weighted by Gasteiger charge is -2.36. The van der Waals surface area contributed by atoms with E-state index in [1.165, 1.54) is 12.8 Å². The maximum atomic E-state index is 10.6. The molecule has 28 heavy (non-hydrogen) atoms. The number of nitrogens with zero attached hydrogens (tertiary/aromatic N) is 1. The summed E-state index contributed by atoms with van der Waals surface area (Å²) in [7, 11) is 0. The summed E-state index contributed by atoms with van der Waals surface area (Å²) in [5.41, 5.74) is 2.23. The van der Waals surface area contributed by atoms with Crippen molar-refractivity contribution in [3.8, 4) is 5.75 Å². The van der Waals surface area contributed by atoms with Crippen LogP contribution in [0.5, 0.6) is 5.75 Å². The second-order valence-electron chi connectivity index (χ2n) is 8.94. The Morgan fingerprint density at radius 3 is 2.61 bits per heavy atom. The van der Waals surface area contributed by atoms with Gasteiger partial charge in [-0.15, -0.1) is 0 Å². The van der Waals surface area contributed by atoms with Crippen molar-refractivity contribution < 1.29 is 14.6 Å². The normalized spacial score (nSPS) is 20.2. The molecule has 1 saturated carbocycles. The standard InChI is InChI=1S/C23H32N2O3/c1-23(2,3)17-5-8-19(9-6-17)28-20-10-11-21-16(14-20)4-7-18(25-21)15-24-13-12-22(26)27/h4,7,10-11,14,17,19,24H,5-6,8-9,12-13,15H2,1-3H3,(H,26,27). The van der Waals surface area contributed by atoms with Crippen LogP contribution in [0.15, 0.2) is 30.3 Å². The third-order valence-corrected chi connectivity index (χ3v) is 5.74. The number of aliphatic carboxylic acids is 1. The van der Waals surface area contributed by atoms with Crippen molar-refractivity contribution in [1.29, 1.82) is 0 Å². The number of carboxylic acids is 1. The van der Waals surface area contributed by atoms with Crippen molar-refractivity contribution in [2.75, 3.05) is 6.54 Å². The Labute approximate surface area is 167 Å². The van der Waals surface area contributed by atoms with Gasteiger partial charge in [-0.1, -0.05) is 26.8 Å². The van der Waals surface area contributed by atoms with E-state index in [1.807, 2.05) is 18.2 Å². The van der Waals surface area contributed by atoms with Crippen LogP contribution in [0.25, 0.3) is 10.9 Å². The lowest BCUT2D eigenvalue weighted by atomic mass is 9.72. The van der Waals surface area contributed by atoms with E-state index < -0.39 is 5.97 Å². The summed E-state index contributed by atoms with van der Waals surface area (Å²) in [5.74, 6) is 0.912. The van der Waals surface area contributed by atoms with Gasteiger partial charge in [-0.2, -0.15) is 0 Å². The summed E-state index contributed by atoms with van der Waals surface area (Å²) >= 11 is 0. The second-order valence-corrected chi connectivity index (χ2v) is 8.94. The molecule has 1 aromatic carbocycles. The molecule has 1 aliphatic rings. The number of rotatable bonds is 7. The van der Waals surface area contributed by atoms with Gasteiger partial charge in [0.05, 0.1) is 23.7 Å². The highest BCUT2D eigenvalue weighted by atomic mass is 16.5. The zero-order chi connectivity index (χ0) is 20.1. The zero-order valence-corrected chi connectivity index (χ0v) is 17.2. The van der Waals surface area contributed by atoms with Crippen LogP contribution in [0.3, 0.4) is 0 Å². The van der Waals surface area contributed by atoms with E-state index in [0.717, 1.165) is 41.1 Å². The van der Waals surface area contributed by atoms with E-state index in [-0.39, 0.29) is 6.42 Å².